The van der Waals surface area contributed by atoms with Gasteiger partial charge in [0.05, 0.1) is 10.5 Å². The summed E-state index contributed by atoms with van der Waals surface area (Å²) in [5, 5.41) is 11.6. The van der Waals surface area contributed by atoms with E-state index in [2.05, 4.69) is 6.92 Å². The number of allylic oxidation sites excluding steroid dienone is 5. The van der Waals surface area contributed by atoms with Gasteiger partial charge in [-0.25, -0.2) is 8.51 Å². The largest absolute Gasteiger partial charge is 0.385 e. The first kappa shape index (κ1) is 21.1. The van der Waals surface area contributed by atoms with Crippen molar-refractivity contribution in [1.82, 2.24) is 4.31 Å². The first-order chi connectivity index (χ1) is 12.4. The van der Waals surface area contributed by atoms with Gasteiger partial charge < -0.3 is 5.11 Å². The standard InChI is InChI=1S/C21H28ClNO2S/c1-4-5-6-20(12-7-17(2)3)26(25)23-15-13-21(24,14-16-23)18-8-10-19(22)11-9-18/h5-12,24H,4,13-16H2,1-3H3/b6-5+,20-12+. The quantitative estimate of drug-likeness (QED) is 0.682. The molecule has 3 nitrogen and oxygen atoms in total. The molecule has 0 spiro atoms. The highest BCUT2D eigenvalue weighted by atomic mass is 35.5. The number of nitrogens with zero attached hydrogens (tertiary/aromatic N) is 1. The van der Waals surface area contributed by atoms with Crippen molar-refractivity contribution in [3.05, 3.63) is 69.6 Å². The molecule has 26 heavy (non-hydrogen) atoms. The third kappa shape index (κ3) is 5.65. The zero-order valence-corrected chi connectivity index (χ0v) is 17.3. The fraction of sp³-hybridized carbons (Fsp3) is 0.429. The lowest BCUT2D eigenvalue weighted by atomic mass is 9.85. The van der Waals surface area contributed by atoms with Gasteiger partial charge in [0.1, 0.15) is 11.0 Å². The van der Waals surface area contributed by atoms with Crippen LogP contribution in [0.5, 0.6) is 0 Å². The number of hydrogen-bond acceptors (Lipinski definition) is 2. The molecule has 1 atom stereocenters. The molecule has 1 aliphatic rings. The minimum atomic E-state index is -1.22. The molecule has 2 rings (SSSR count). The predicted molar refractivity (Wildman–Crippen MR) is 111 cm³/mol. The van der Waals surface area contributed by atoms with Crippen molar-refractivity contribution in [3.8, 4) is 0 Å². The second-order valence-electron chi connectivity index (χ2n) is 6.84. The van der Waals surface area contributed by atoms with Crippen molar-refractivity contribution >= 4 is 22.6 Å². The average molecular weight is 394 g/mol. The van der Waals surface area contributed by atoms with Crippen LogP contribution in [0.15, 0.2) is 59.0 Å². The van der Waals surface area contributed by atoms with Crippen molar-refractivity contribution in [3.63, 3.8) is 0 Å². The lowest BCUT2D eigenvalue weighted by molar-refractivity contribution is -0.00871. The minimum absolute atomic E-state index is 0.549. The van der Waals surface area contributed by atoms with E-state index in [-0.39, 0.29) is 0 Å². The van der Waals surface area contributed by atoms with Gasteiger partial charge in [-0.05, 0) is 63.0 Å². The zero-order chi connectivity index (χ0) is 19.2. The lowest BCUT2D eigenvalue weighted by Gasteiger charge is -2.37. The summed E-state index contributed by atoms with van der Waals surface area (Å²) in [5.74, 6) is 0. The maximum atomic E-state index is 13.0. The van der Waals surface area contributed by atoms with Crippen molar-refractivity contribution in [2.75, 3.05) is 13.1 Å². The molecule has 5 heteroatoms. The van der Waals surface area contributed by atoms with Crippen LogP contribution in [0, 0.1) is 0 Å². The molecule has 0 amide bonds. The van der Waals surface area contributed by atoms with E-state index >= 15 is 0 Å². The molecule has 1 aromatic carbocycles. The van der Waals surface area contributed by atoms with E-state index < -0.39 is 16.6 Å². The van der Waals surface area contributed by atoms with Gasteiger partial charge in [-0.15, -0.1) is 0 Å². The Balaban J connectivity index is 2.10. The monoisotopic (exact) mass is 393 g/mol. The van der Waals surface area contributed by atoms with Crippen LogP contribution in [0.25, 0.3) is 0 Å². The second kappa shape index (κ2) is 9.65. The Labute approximate surface area is 164 Å². The van der Waals surface area contributed by atoms with E-state index in [0.29, 0.717) is 31.0 Å². The van der Waals surface area contributed by atoms with Crippen LogP contribution in [0.2, 0.25) is 5.02 Å². The first-order valence-electron chi connectivity index (χ1n) is 9.02. The summed E-state index contributed by atoms with van der Waals surface area (Å²) in [4.78, 5) is 0.796. The maximum Gasteiger partial charge on any atom is 0.127 e. The van der Waals surface area contributed by atoms with E-state index in [0.717, 1.165) is 16.9 Å². The van der Waals surface area contributed by atoms with Crippen molar-refractivity contribution in [1.29, 1.82) is 0 Å². The number of hydrogen-bond donors (Lipinski definition) is 1. The molecule has 0 aromatic heterocycles. The van der Waals surface area contributed by atoms with E-state index in [4.69, 9.17) is 11.6 Å². The number of benzene rings is 1. The molecule has 0 saturated carbocycles. The molecule has 0 radical (unpaired) electrons. The van der Waals surface area contributed by atoms with Gasteiger partial charge in [-0.3, -0.25) is 0 Å². The Morgan fingerprint density at radius 1 is 1.23 bits per heavy atom. The van der Waals surface area contributed by atoms with Crippen LogP contribution >= 0.6 is 11.6 Å². The van der Waals surface area contributed by atoms with E-state index in [1.807, 2.05) is 54.6 Å². The average Bonchev–Trinajstić information content (AvgIpc) is 2.62. The number of rotatable bonds is 6. The molecule has 1 N–H and O–H groups in total. The fourth-order valence-corrected chi connectivity index (χ4v) is 4.21. The summed E-state index contributed by atoms with van der Waals surface area (Å²) in [5.41, 5.74) is 1.16. The highest BCUT2D eigenvalue weighted by Gasteiger charge is 2.35. The molecule has 1 aliphatic heterocycles. The van der Waals surface area contributed by atoms with Crippen LogP contribution in [0.1, 0.15) is 45.6 Å². The molecule has 1 unspecified atom stereocenters. The molecular weight excluding hydrogens is 366 g/mol. The minimum Gasteiger partial charge on any atom is -0.385 e. The predicted octanol–water partition coefficient (Wildman–Crippen LogP) is 5.10. The molecular formula is C21H28ClNO2S. The number of halogens is 1. The summed E-state index contributed by atoms with van der Waals surface area (Å²) in [6, 6.07) is 7.35. The summed E-state index contributed by atoms with van der Waals surface area (Å²) in [7, 11) is -1.22. The Hall–Kier alpha value is -1.20. The SMILES string of the molecule is CC/C=C/C(=C\C=C(C)C)S(=O)N1CCC(O)(c2ccc(Cl)cc2)CC1. The Morgan fingerprint density at radius 2 is 1.85 bits per heavy atom. The van der Waals surface area contributed by atoms with E-state index in [9.17, 15) is 9.32 Å². The third-order valence-corrected chi connectivity index (χ3v) is 6.23. The second-order valence-corrected chi connectivity index (χ2v) is 8.76. The van der Waals surface area contributed by atoms with Gasteiger partial charge in [0.25, 0.3) is 0 Å². The molecule has 0 aliphatic carbocycles. The van der Waals surface area contributed by atoms with Crippen molar-refractivity contribution < 1.29 is 9.32 Å². The van der Waals surface area contributed by atoms with Crippen molar-refractivity contribution in [2.45, 2.75) is 45.6 Å². The van der Waals surface area contributed by atoms with Gasteiger partial charge in [-0.1, -0.05) is 48.4 Å². The third-order valence-electron chi connectivity index (χ3n) is 4.47. The molecule has 1 saturated heterocycles. The summed E-state index contributed by atoms with van der Waals surface area (Å²) >= 11 is 5.94. The normalized spacial score (nSPS) is 19.5. The zero-order valence-electron chi connectivity index (χ0n) is 15.7. The van der Waals surface area contributed by atoms with Crippen LogP contribution < -0.4 is 0 Å². The molecule has 1 fully saturated rings. The fourth-order valence-electron chi connectivity index (χ4n) is 2.87. The van der Waals surface area contributed by atoms with E-state index in [1.165, 1.54) is 5.57 Å². The van der Waals surface area contributed by atoms with Gasteiger partial charge in [0, 0.05) is 18.1 Å². The van der Waals surface area contributed by atoms with E-state index in [1.54, 1.807) is 12.1 Å². The van der Waals surface area contributed by atoms with Gasteiger partial charge in [0.15, 0.2) is 0 Å². The molecule has 1 aromatic rings. The van der Waals surface area contributed by atoms with Gasteiger partial charge in [-0.2, -0.15) is 0 Å². The molecule has 1 heterocycles. The molecule has 0 bridgehead atoms. The number of piperidine rings is 1. The highest BCUT2D eigenvalue weighted by Crippen LogP contribution is 2.34. The van der Waals surface area contributed by atoms with Crippen molar-refractivity contribution in [2.24, 2.45) is 0 Å². The van der Waals surface area contributed by atoms with Gasteiger partial charge >= 0.3 is 0 Å². The van der Waals surface area contributed by atoms with Crippen LogP contribution in [0.4, 0.5) is 0 Å². The lowest BCUT2D eigenvalue weighted by Crippen LogP contribution is -2.43. The smallest absolute Gasteiger partial charge is 0.127 e. The Bertz CT molecular complexity index is 710. The van der Waals surface area contributed by atoms with Crippen LogP contribution in [-0.2, 0) is 16.6 Å². The Kier molecular flexibility index (Phi) is 7.84. The van der Waals surface area contributed by atoms with Crippen LogP contribution in [-0.4, -0.2) is 26.7 Å². The summed E-state index contributed by atoms with van der Waals surface area (Å²) in [6.07, 6.45) is 9.88. The maximum absolute atomic E-state index is 13.0. The topological polar surface area (TPSA) is 40.5 Å². The van der Waals surface area contributed by atoms with Gasteiger partial charge in [0.2, 0.25) is 0 Å². The molecule has 142 valence electrons. The highest BCUT2D eigenvalue weighted by molar-refractivity contribution is 7.86. The summed E-state index contributed by atoms with van der Waals surface area (Å²) in [6.45, 7) is 7.27. The Morgan fingerprint density at radius 3 is 2.38 bits per heavy atom. The first-order valence-corrected chi connectivity index (χ1v) is 10.5. The van der Waals surface area contributed by atoms with Crippen LogP contribution in [0.3, 0.4) is 0 Å². The summed E-state index contributed by atoms with van der Waals surface area (Å²) < 4.78 is 14.9. The number of aliphatic hydroxyl groups is 1.